The summed E-state index contributed by atoms with van der Waals surface area (Å²) < 4.78 is 10.5. The molecule has 4 nitrogen and oxygen atoms in total. The fraction of sp³-hybridized carbons (Fsp3) is 0.556. The van der Waals surface area contributed by atoms with Crippen LogP contribution in [-0.4, -0.2) is 24.8 Å². The number of ether oxygens (including phenoxy) is 2. The van der Waals surface area contributed by atoms with Gasteiger partial charge in [-0.25, -0.2) is 4.79 Å². The molecule has 0 radical (unpaired) electrons. The molecule has 0 heterocycles. The van der Waals surface area contributed by atoms with Gasteiger partial charge in [0.05, 0.1) is 12.7 Å². The zero-order chi connectivity index (χ0) is 23.0. The highest BCUT2D eigenvalue weighted by Crippen LogP contribution is 2.41. The summed E-state index contributed by atoms with van der Waals surface area (Å²) in [6, 6.07) is 9.19. The van der Waals surface area contributed by atoms with Gasteiger partial charge in [-0.05, 0) is 50.0 Å². The van der Waals surface area contributed by atoms with Crippen molar-refractivity contribution in [3.8, 4) is 0 Å². The zero-order valence-electron chi connectivity index (χ0n) is 19.6. The van der Waals surface area contributed by atoms with Gasteiger partial charge in [0, 0.05) is 23.7 Å². The number of allylic oxidation sites excluding steroid dienone is 4. The average molecular weight is 459 g/mol. The van der Waals surface area contributed by atoms with E-state index < -0.39 is 0 Å². The first kappa shape index (κ1) is 26.2. The van der Waals surface area contributed by atoms with Crippen molar-refractivity contribution in [2.45, 2.75) is 77.6 Å². The lowest BCUT2D eigenvalue weighted by atomic mass is 10.1. The van der Waals surface area contributed by atoms with Crippen molar-refractivity contribution in [3.05, 3.63) is 58.7 Å². The van der Waals surface area contributed by atoms with E-state index in [0.29, 0.717) is 17.9 Å². The van der Waals surface area contributed by atoms with E-state index >= 15 is 0 Å². The Labute approximate surface area is 197 Å². The second-order valence-electron chi connectivity index (χ2n) is 8.20. The summed E-state index contributed by atoms with van der Waals surface area (Å²) in [6.45, 7) is 2.23. The number of thioether (sulfide) groups is 1. The maximum atomic E-state index is 12.6. The lowest BCUT2D eigenvalue weighted by Crippen LogP contribution is -2.05. The quantitative estimate of drug-likeness (QED) is 0.155. The number of methoxy groups -OCH3 is 1. The summed E-state index contributed by atoms with van der Waals surface area (Å²) in [5.74, 6) is 1.71. The number of carbonyl (C=O) groups excluding carboxylic acids is 2. The van der Waals surface area contributed by atoms with Crippen molar-refractivity contribution < 1.29 is 19.1 Å². The number of benzene rings is 1. The van der Waals surface area contributed by atoms with Gasteiger partial charge in [-0.1, -0.05) is 63.0 Å². The Kier molecular flexibility index (Phi) is 12.9. The topological polar surface area (TPSA) is 52.6 Å². The Hall–Kier alpha value is -2.01. The number of rotatable bonds is 15. The summed E-state index contributed by atoms with van der Waals surface area (Å²) in [5.41, 5.74) is 0.585. The van der Waals surface area contributed by atoms with E-state index in [1.54, 1.807) is 12.1 Å². The Bertz CT molecular complexity index is 754. The largest absolute Gasteiger partial charge is 0.469 e. The number of carbonyl (C=O) groups is 2. The van der Waals surface area contributed by atoms with E-state index in [2.05, 4.69) is 19.1 Å². The first-order valence-electron chi connectivity index (χ1n) is 12.0. The third-order valence-electron chi connectivity index (χ3n) is 5.62. The van der Waals surface area contributed by atoms with Gasteiger partial charge in [0.2, 0.25) is 0 Å². The van der Waals surface area contributed by atoms with Gasteiger partial charge >= 0.3 is 11.9 Å². The van der Waals surface area contributed by atoms with E-state index in [1.807, 2.05) is 30.0 Å². The van der Waals surface area contributed by atoms with Gasteiger partial charge in [-0.15, -0.1) is 11.8 Å². The second kappa shape index (κ2) is 15.7. The molecule has 32 heavy (non-hydrogen) atoms. The van der Waals surface area contributed by atoms with Crippen molar-refractivity contribution in [2.24, 2.45) is 5.92 Å². The van der Waals surface area contributed by atoms with Gasteiger partial charge in [0.25, 0.3) is 0 Å². The van der Waals surface area contributed by atoms with Crippen molar-refractivity contribution in [1.29, 1.82) is 0 Å². The minimum atomic E-state index is -0.277. The Balaban J connectivity index is 1.93. The molecule has 1 unspecified atom stereocenters. The van der Waals surface area contributed by atoms with Gasteiger partial charge < -0.3 is 9.47 Å². The Morgan fingerprint density at radius 1 is 1.06 bits per heavy atom. The van der Waals surface area contributed by atoms with Crippen molar-refractivity contribution >= 4 is 23.7 Å². The van der Waals surface area contributed by atoms with Crippen molar-refractivity contribution in [2.75, 3.05) is 12.9 Å². The molecule has 0 spiro atoms. The molecule has 1 atom stereocenters. The molecule has 1 aliphatic carbocycles. The van der Waals surface area contributed by atoms with Crippen LogP contribution in [0.25, 0.3) is 0 Å². The van der Waals surface area contributed by atoms with Gasteiger partial charge in [-0.2, -0.15) is 0 Å². The number of hydrogen-bond donors (Lipinski definition) is 0. The predicted octanol–water partition coefficient (Wildman–Crippen LogP) is 7.46. The molecule has 0 N–H and O–H groups in total. The van der Waals surface area contributed by atoms with Crippen LogP contribution in [-0.2, 0) is 14.3 Å². The molecule has 0 bridgehead atoms. The van der Waals surface area contributed by atoms with E-state index in [0.717, 1.165) is 50.0 Å². The molecule has 5 heteroatoms. The number of hydrogen-bond acceptors (Lipinski definition) is 5. The minimum Gasteiger partial charge on any atom is -0.469 e. The number of esters is 2. The standard InChI is InChI=1S/C27H38O4S/c1-3-4-5-6-7-10-15-22-19-20-24(31-27(29)23-16-11-8-12-17-23)26(22)32-21-14-9-13-18-25(28)30-2/h8,10-12,15-17,22H,3-7,9,13-14,18-21H2,1-2H3/b15-10+. The minimum absolute atomic E-state index is 0.143. The lowest BCUT2D eigenvalue weighted by molar-refractivity contribution is -0.140. The van der Waals surface area contributed by atoms with Crippen LogP contribution in [0.15, 0.2) is 53.1 Å². The first-order chi connectivity index (χ1) is 15.7. The lowest BCUT2D eigenvalue weighted by Gasteiger charge is -2.12. The van der Waals surface area contributed by atoms with Gasteiger partial charge in [0.15, 0.2) is 0 Å². The van der Waals surface area contributed by atoms with Crippen LogP contribution in [0, 0.1) is 5.92 Å². The number of unbranched alkanes of at least 4 members (excludes halogenated alkanes) is 6. The summed E-state index contributed by atoms with van der Waals surface area (Å²) >= 11 is 1.81. The summed E-state index contributed by atoms with van der Waals surface area (Å²) in [7, 11) is 1.43. The Morgan fingerprint density at radius 3 is 2.59 bits per heavy atom. The monoisotopic (exact) mass is 458 g/mol. The SMILES string of the molecule is CCCCCC/C=C/C1CCC(OC(=O)c2ccccc2)=C1SCCCCCC(=O)OC. The molecule has 1 aromatic carbocycles. The highest BCUT2D eigenvalue weighted by atomic mass is 32.2. The molecule has 0 amide bonds. The Morgan fingerprint density at radius 2 is 1.84 bits per heavy atom. The molecule has 0 saturated carbocycles. The normalized spacial score (nSPS) is 16.0. The third-order valence-corrected chi connectivity index (χ3v) is 6.96. The molecular weight excluding hydrogens is 420 g/mol. The second-order valence-corrected chi connectivity index (χ2v) is 9.34. The fourth-order valence-corrected chi connectivity index (χ4v) is 5.03. The molecule has 0 aromatic heterocycles. The van der Waals surface area contributed by atoms with Gasteiger partial charge in [-0.3, -0.25) is 4.79 Å². The van der Waals surface area contributed by atoms with Crippen molar-refractivity contribution in [3.63, 3.8) is 0 Å². The zero-order valence-corrected chi connectivity index (χ0v) is 20.5. The van der Waals surface area contributed by atoms with Crippen LogP contribution in [0.2, 0.25) is 0 Å². The molecular formula is C27H38O4S. The van der Waals surface area contributed by atoms with E-state index in [9.17, 15) is 9.59 Å². The van der Waals surface area contributed by atoms with Crippen LogP contribution < -0.4 is 0 Å². The molecule has 0 fully saturated rings. The van der Waals surface area contributed by atoms with Crippen LogP contribution in [0.4, 0.5) is 0 Å². The van der Waals surface area contributed by atoms with Crippen LogP contribution >= 0.6 is 11.8 Å². The van der Waals surface area contributed by atoms with Gasteiger partial charge in [0.1, 0.15) is 5.76 Å². The molecule has 1 aliphatic rings. The van der Waals surface area contributed by atoms with Crippen molar-refractivity contribution in [1.82, 2.24) is 0 Å². The first-order valence-corrected chi connectivity index (χ1v) is 13.0. The summed E-state index contributed by atoms with van der Waals surface area (Å²) in [4.78, 5) is 25.0. The average Bonchev–Trinajstić information content (AvgIpc) is 3.19. The molecule has 1 aromatic rings. The van der Waals surface area contributed by atoms with Crippen LogP contribution in [0.5, 0.6) is 0 Å². The predicted molar refractivity (Wildman–Crippen MR) is 132 cm³/mol. The summed E-state index contributed by atoms with van der Waals surface area (Å²) in [5, 5.41) is 0. The van der Waals surface area contributed by atoms with E-state index in [-0.39, 0.29) is 11.9 Å². The van der Waals surface area contributed by atoms with E-state index in [1.165, 1.54) is 37.7 Å². The maximum absolute atomic E-state index is 12.6. The maximum Gasteiger partial charge on any atom is 0.343 e. The molecule has 0 aliphatic heterocycles. The molecule has 2 rings (SSSR count). The van der Waals surface area contributed by atoms with E-state index in [4.69, 9.17) is 9.47 Å². The smallest absolute Gasteiger partial charge is 0.343 e. The summed E-state index contributed by atoms with van der Waals surface area (Å²) in [6.07, 6.45) is 15.9. The molecule has 176 valence electrons. The highest BCUT2D eigenvalue weighted by molar-refractivity contribution is 8.03. The fourth-order valence-electron chi connectivity index (χ4n) is 3.75. The third kappa shape index (κ3) is 9.64. The highest BCUT2D eigenvalue weighted by Gasteiger charge is 2.27. The van der Waals surface area contributed by atoms with Crippen LogP contribution in [0.3, 0.4) is 0 Å². The van der Waals surface area contributed by atoms with Crippen LogP contribution in [0.1, 0.15) is 87.9 Å². The molecule has 0 saturated heterocycles.